The molecule has 3 nitrogen and oxygen atoms in total. The summed E-state index contributed by atoms with van der Waals surface area (Å²) in [4.78, 5) is 8.25. The summed E-state index contributed by atoms with van der Waals surface area (Å²) in [5.74, 6) is 0. The van der Waals surface area contributed by atoms with Crippen LogP contribution in [0.2, 0.25) is 0 Å². The minimum atomic E-state index is -0.500. The van der Waals surface area contributed by atoms with Crippen LogP contribution >= 0.6 is 0 Å². The summed E-state index contributed by atoms with van der Waals surface area (Å²) in [5, 5.41) is 8.25. The smallest absolute Gasteiger partial charge is 0.168 e. The highest BCUT2D eigenvalue weighted by molar-refractivity contribution is 5.29. The van der Waals surface area contributed by atoms with Crippen molar-refractivity contribution in [3.8, 4) is 0 Å². The monoisotopic (exact) mass is 307 g/mol. The second-order valence-corrected chi connectivity index (χ2v) is 5.90. The largest absolute Gasteiger partial charge is 0.554 e. The van der Waals surface area contributed by atoms with E-state index in [4.69, 9.17) is 9.90 Å². The van der Waals surface area contributed by atoms with Gasteiger partial charge >= 0.3 is 0 Å². The lowest BCUT2D eigenvalue weighted by Crippen LogP contribution is -2.25. The van der Waals surface area contributed by atoms with Crippen molar-refractivity contribution in [2.45, 2.75) is 77.6 Å². The molecule has 0 aliphatic carbocycles. The number of pyridine rings is 1. The number of aromatic nitrogens is 1. The third kappa shape index (κ3) is 13.6. The van der Waals surface area contributed by atoms with Crippen molar-refractivity contribution in [2.24, 2.45) is 7.05 Å². The zero-order valence-corrected chi connectivity index (χ0v) is 14.4. The molecule has 0 atom stereocenters. The fraction of sp³-hybridized carbons (Fsp3) is 0.684. The molecule has 0 fully saturated rings. The summed E-state index contributed by atoms with van der Waals surface area (Å²) in [6, 6.07) is 4.49. The van der Waals surface area contributed by atoms with Crippen LogP contribution in [0.3, 0.4) is 0 Å². The number of carbonyl (C=O) groups excluding carboxylic acids is 1. The lowest BCUT2D eigenvalue weighted by Gasteiger charge is -2.02. The Morgan fingerprint density at radius 1 is 0.909 bits per heavy atom. The molecular weight excluding hydrogens is 274 g/mol. The van der Waals surface area contributed by atoms with Crippen LogP contribution < -0.4 is 9.67 Å². The standard InChI is InChI=1S/C18H32N.CH2O2/c1-3-4-5-6-7-8-9-10-11-12-13-18-14-16-19(2)17-15-18;2-1-3/h14-17H,3-13H2,1-2H3;1H,(H,2,3)/q+1;/p-1. The van der Waals surface area contributed by atoms with E-state index in [1.165, 1.54) is 76.2 Å². The maximum atomic E-state index is 8.25. The van der Waals surface area contributed by atoms with Gasteiger partial charge < -0.3 is 9.90 Å². The first-order valence-corrected chi connectivity index (χ1v) is 8.74. The van der Waals surface area contributed by atoms with Crippen LogP contribution in [-0.4, -0.2) is 6.47 Å². The van der Waals surface area contributed by atoms with Gasteiger partial charge in [0.05, 0.1) is 0 Å². The minimum Gasteiger partial charge on any atom is -0.554 e. The molecule has 0 saturated heterocycles. The SMILES string of the molecule is CCCCCCCCCCCCc1cc[n+](C)cc1.O=C[O-]. The predicted octanol–water partition coefficient (Wildman–Crippen LogP) is 3.34. The van der Waals surface area contributed by atoms with Crippen molar-refractivity contribution >= 4 is 6.47 Å². The molecule has 0 aliphatic rings. The van der Waals surface area contributed by atoms with Gasteiger partial charge in [0.1, 0.15) is 7.05 Å². The van der Waals surface area contributed by atoms with E-state index >= 15 is 0 Å². The second-order valence-electron chi connectivity index (χ2n) is 5.90. The van der Waals surface area contributed by atoms with Crippen molar-refractivity contribution < 1.29 is 14.5 Å². The number of hydrogen-bond acceptors (Lipinski definition) is 2. The molecule has 0 N–H and O–H groups in total. The van der Waals surface area contributed by atoms with Crippen LogP contribution in [0.5, 0.6) is 0 Å². The Bertz CT molecular complexity index is 349. The number of rotatable bonds is 11. The second kappa shape index (κ2) is 16.0. The Balaban J connectivity index is 0.00000135. The first-order valence-electron chi connectivity index (χ1n) is 8.74. The first-order chi connectivity index (χ1) is 10.7. The first kappa shape index (κ1) is 20.6. The Hall–Kier alpha value is -1.38. The van der Waals surface area contributed by atoms with Gasteiger partial charge in [0, 0.05) is 18.6 Å². The lowest BCUT2D eigenvalue weighted by atomic mass is 10.0. The van der Waals surface area contributed by atoms with Crippen molar-refractivity contribution in [2.75, 3.05) is 0 Å². The van der Waals surface area contributed by atoms with Crippen molar-refractivity contribution in [3.05, 3.63) is 30.1 Å². The summed E-state index contributed by atoms with van der Waals surface area (Å²) < 4.78 is 2.10. The Kier molecular flexibility index (Phi) is 15.0. The summed E-state index contributed by atoms with van der Waals surface area (Å²) >= 11 is 0. The normalized spacial score (nSPS) is 9.91. The number of nitrogens with zero attached hydrogens (tertiary/aromatic N) is 1. The third-order valence-electron chi connectivity index (χ3n) is 3.87. The Morgan fingerprint density at radius 2 is 1.32 bits per heavy atom. The topological polar surface area (TPSA) is 44.0 Å². The van der Waals surface area contributed by atoms with E-state index in [1.807, 2.05) is 0 Å². The average molecular weight is 307 g/mol. The highest BCUT2D eigenvalue weighted by Crippen LogP contribution is 2.11. The maximum absolute atomic E-state index is 8.25. The van der Waals surface area contributed by atoms with Crippen LogP contribution in [0.1, 0.15) is 76.7 Å². The molecular formula is C19H33NO2. The van der Waals surface area contributed by atoms with Gasteiger partial charge in [-0.25, -0.2) is 4.57 Å². The van der Waals surface area contributed by atoms with Crippen molar-refractivity contribution in [3.63, 3.8) is 0 Å². The summed E-state index contributed by atoms with van der Waals surface area (Å²) in [5.41, 5.74) is 1.48. The molecule has 1 heterocycles. The van der Waals surface area contributed by atoms with Crippen molar-refractivity contribution in [1.82, 2.24) is 0 Å². The quantitative estimate of drug-likeness (QED) is 0.357. The van der Waals surface area contributed by atoms with Crippen molar-refractivity contribution in [1.29, 1.82) is 0 Å². The molecule has 126 valence electrons. The number of aryl methyl sites for hydroxylation is 2. The lowest BCUT2D eigenvalue weighted by molar-refractivity contribution is -0.671. The van der Waals surface area contributed by atoms with E-state index in [0.717, 1.165) is 0 Å². The highest BCUT2D eigenvalue weighted by Gasteiger charge is 1.97. The predicted molar refractivity (Wildman–Crippen MR) is 89.2 cm³/mol. The number of hydrogen-bond donors (Lipinski definition) is 0. The fourth-order valence-electron chi connectivity index (χ4n) is 2.52. The number of carboxylic acid groups (broad SMARTS) is 1. The molecule has 0 unspecified atom stereocenters. The molecule has 0 spiro atoms. The van der Waals surface area contributed by atoms with Crippen LogP contribution in [0.15, 0.2) is 24.5 Å². The molecule has 1 rings (SSSR count). The Morgan fingerprint density at radius 3 is 1.77 bits per heavy atom. The molecule has 1 aromatic rings. The van der Waals surface area contributed by atoms with Gasteiger partial charge in [-0.3, -0.25) is 0 Å². The van der Waals surface area contributed by atoms with E-state index < -0.39 is 6.47 Å². The van der Waals surface area contributed by atoms with Gasteiger partial charge in [-0.1, -0.05) is 64.7 Å². The van der Waals surface area contributed by atoms with Gasteiger partial charge in [-0.2, -0.15) is 0 Å². The van der Waals surface area contributed by atoms with Gasteiger partial charge in [0.25, 0.3) is 0 Å². The minimum absolute atomic E-state index is 0.500. The maximum Gasteiger partial charge on any atom is 0.168 e. The van der Waals surface area contributed by atoms with Gasteiger partial charge in [-0.05, 0) is 18.4 Å². The molecule has 0 aromatic carbocycles. The van der Waals surface area contributed by atoms with Gasteiger partial charge in [0.15, 0.2) is 12.4 Å². The third-order valence-corrected chi connectivity index (χ3v) is 3.87. The van der Waals surface area contributed by atoms with Crippen LogP contribution in [-0.2, 0) is 18.3 Å². The average Bonchev–Trinajstić information content (AvgIpc) is 2.52. The van der Waals surface area contributed by atoms with E-state index in [0.29, 0.717) is 0 Å². The number of unbranched alkanes of at least 4 members (excludes halogenated alkanes) is 9. The molecule has 0 saturated carbocycles. The van der Waals surface area contributed by atoms with Crippen LogP contribution in [0, 0.1) is 0 Å². The van der Waals surface area contributed by atoms with Crippen LogP contribution in [0.25, 0.3) is 0 Å². The molecule has 0 amide bonds. The zero-order valence-electron chi connectivity index (χ0n) is 14.4. The molecule has 0 aliphatic heterocycles. The van der Waals surface area contributed by atoms with Gasteiger partial charge in [0.2, 0.25) is 0 Å². The van der Waals surface area contributed by atoms with Crippen LogP contribution in [0.4, 0.5) is 0 Å². The molecule has 3 heteroatoms. The van der Waals surface area contributed by atoms with E-state index in [-0.39, 0.29) is 0 Å². The van der Waals surface area contributed by atoms with E-state index in [9.17, 15) is 0 Å². The van der Waals surface area contributed by atoms with Gasteiger partial charge in [-0.15, -0.1) is 0 Å². The Labute approximate surface area is 136 Å². The summed E-state index contributed by atoms with van der Waals surface area (Å²) in [7, 11) is 2.07. The zero-order chi connectivity index (χ0) is 16.5. The summed E-state index contributed by atoms with van der Waals surface area (Å²) in [6.07, 6.45) is 19.7. The molecule has 0 bridgehead atoms. The van der Waals surface area contributed by atoms with E-state index in [2.05, 4.69) is 43.1 Å². The van der Waals surface area contributed by atoms with E-state index in [1.54, 1.807) is 0 Å². The molecule has 22 heavy (non-hydrogen) atoms. The highest BCUT2D eigenvalue weighted by atomic mass is 16.3. The molecule has 0 radical (unpaired) electrons. The fourth-order valence-corrected chi connectivity index (χ4v) is 2.52. The number of carbonyl (C=O) groups is 1. The molecule has 1 aromatic heterocycles. The summed E-state index contributed by atoms with van der Waals surface area (Å²) in [6.45, 7) is 1.78.